The molecule has 40 heavy (non-hydrogen) atoms. The number of methoxy groups -OCH3 is 2. The summed E-state index contributed by atoms with van der Waals surface area (Å²) in [4.78, 5) is 21.7. The molecule has 9 nitrogen and oxygen atoms in total. The van der Waals surface area contributed by atoms with Gasteiger partial charge in [-0.2, -0.15) is 0 Å². The lowest BCUT2D eigenvalue weighted by Gasteiger charge is -2.32. The third kappa shape index (κ3) is 7.39. The monoisotopic (exact) mass is 546 g/mol. The smallest absolute Gasteiger partial charge is 0.328 e. The van der Waals surface area contributed by atoms with Gasteiger partial charge in [0.15, 0.2) is 5.75 Å². The summed E-state index contributed by atoms with van der Waals surface area (Å²) in [6.45, 7) is 3.34. The van der Waals surface area contributed by atoms with Crippen molar-refractivity contribution in [1.29, 1.82) is 0 Å². The minimum absolute atomic E-state index is 0.558. The lowest BCUT2D eigenvalue weighted by atomic mass is 9.91. The second-order valence-corrected chi connectivity index (χ2v) is 9.76. The van der Waals surface area contributed by atoms with Gasteiger partial charge < -0.3 is 24.2 Å². The van der Waals surface area contributed by atoms with E-state index in [2.05, 4.69) is 52.5 Å². The quantitative estimate of drug-likeness (QED) is 0.260. The van der Waals surface area contributed by atoms with Crippen LogP contribution in [0.2, 0.25) is 0 Å². The van der Waals surface area contributed by atoms with Gasteiger partial charge in [-0.25, -0.2) is 9.59 Å². The second kappa shape index (κ2) is 13.6. The molecule has 4 aromatic rings. The van der Waals surface area contributed by atoms with E-state index >= 15 is 0 Å². The molecule has 1 aromatic heterocycles. The van der Waals surface area contributed by atoms with Gasteiger partial charge in [0, 0.05) is 24.1 Å². The maximum absolute atomic E-state index is 9.55. The first-order valence-electron chi connectivity index (χ1n) is 13.2. The molecule has 2 heterocycles. The van der Waals surface area contributed by atoms with Gasteiger partial charge in [-0.15, -0.1) is 0 Å². The Balaban J connectivity index is 0.000000406. The number of fused-ring (bicyclic) bond motifs is 2. The van der Waals surface area contributed by atoms with E-state index in [0.717, 1.165) is 49.5 Å². The number of aromatic nitrogens is 1. The standard InChI is InChI=1S/C27H30N2O3.C4H4O4/c1-30-25-12-10-23-24(28-32-26(23)27(25)31-2)11-8-19-13-15-29(16-14-19)18-20-7-9-21-5-3-4-6-22(21)17-20;5-3(6)1-2-4(7)8/h3-7,9-10,12,17,19H,8,11,13-16,18H2,1-2H3;1-2H,(H,5,6)(H,7,8). The molecule has 0 saturated carbocycles. The van der Waals surface area contributed by atoms with E-state index in [1.807, 2.05) is 12.1 Å². The Morgan fingerprint density at radius 3 is 2.33 bits per heavy atom. The van der Waals surface area contributed by atoms with E-state index in [1.165, 1.54) is 29.2 Å². The Morgan fingerprint density at radius 2 is 1.68 bits per heavy atom. The van der Waals surface area contributed by atoms with Crippen LogP contribution in [0, 0.1) is 5.92 Å². The summed E-state index contributed by atoms with van der Waals surface area (Å²) in [7, 11) is 3.26. The van der Waals surface area contributed by atoms with Crippen molar-refractivity contribution in [3.8, 4) is 11.5 Å². The zero-order valence-corrected chi connectivity index (χ0v) is 22.7. The molecule has 0 radical (unpaired) electrons. The number of rotatable bonds is 9. The third-order valence-corrected chi connectivity index (χ3v) is 7.14. The molecule has 1 saturated heterocycles. The van der Waals surface area contributed by atoms with Gasteiger partial charge in [-0.3, -0.25) is 4.90 Å². The summed E-state index contributed by atoms with van der Waals surface area (Å²) < 4.78 is 16.4. The number of benzene rings is 3. The summed E-state index contributed by atoms with van der Waals surface area (Å²) in [5, 5.41) is 23.6. The van der Waals surface area contributed by atoms with Crippen LogP contribution in [-0.4, -0.2) is 59.5 Å². The molecular weight excluding hydrogens is 512 g/mol. The largest absolute Gasteiger partial charge is 0.493 e. The van der Waals surface area contributed by atoms with Crippen molar-refractivity contribution in [2.24, 2.45) is 5.92 Å². The molecule has 1 aliphatic heterocycles. The number of nitrogens with zero attached hydrogens (tertiary/aromatic N) is 2. The Bertz CT molecular complexity index is 1470. The van der Waals surface area contributed by atoms with E-state index in [4.69, 9.17) is 24.2 Å². The molecule has 0 bridgehead atoms. The van der Waals surface area contributed by atoms with Gasteiger partial charge in [0.05, 0.1) is 19.9 Å². The molecule has 3 aromatic carbocycles. The summed E-state index contributed by atoms with van der Waals surface area (Å²) in [5.41, 5.74) is 3.09. The van der Waals surface area contributed by atoms with Crippen molar-refractivity contribution in [3.05, 3.63) is 78.0 Å². The Kier molecular flexibility index (Phi) is 9.75. The summed E-state index contributed by atoms with van der Waals surface area (Å²) >= 11 is 0. The zero-order valence-electron chi connectivity index (χ0n) is 22.7. The van der Waals surface area contributed by atoms with Crippen molar-refractivity contribution >= 4 is 33.7 Å². The highest BCUT2D eigenvalue weighted by molar-refractivity contribution is 5.89. The molecule has 0 atom stereocenters. The van der Waals surface area contributed by atoms with Crippen LogP contribution in [0.3, 0.4) is 0 Å². The van der Waals surface area contributed by atoms with Crippen molar-refractivity contribution in [3.63, 3.8) is 0 Å². The average molecular weight is 547 g/mol. The number of hydrogen-bond acceptors (Lipinski definition) is 7. The number of likely N-dealkylation sites (tertiary alicyclic amines) is 1. The topological polar surface area (TPSA) is 122 Å². The van der Waals surface area contributed by atoms with Gasteiger partial charge in [-0.05, 0) is 79.2 Å². The van der Waals surface area contributed by atoms with Crippen LogP contribution in [-0.2, 0) is 22.6 Å². The minimum atomic E-state index is -1.26. The molecule has 0 unspecified atom stereocenters. The molecule has 0 amide bonds. The molecule has 9 heteroatoms. The van der Waals surface area contributed by atoms with E-state index in [-0.39, 0.29) is 0 Å². The first-order chi connectivity index (χ1) is 19.4. The van der Waals surface area contributed by atoms with Gasteiger partial charge in [0.1, 0.15) is 0 Å². The first-order valence-corrected chi connectivity index (χ1v) is 13.2. The fourth-order valence-electron chi connectivity index (χ4n) is 5.06. The van der Waals surface area contributed by atoms with Gasteiger partial charge in [0.2, 0.25) is 11.3 Å². The van der Waals surface area contributed by atoms with Crippen LogP contribution in [0.25, 0.3) is 21.7 Å². The molecule has 0 spiro atoms. The maximum Gasteiger partial charge on any atom is 0.328 e. The van der Waals surface area contributed by atoms with Gasteiger partial charge in [-0.1, -0.05) is 41.6 Å². The number of ether oxygens (including phenoxy) is 2. The Morgan fingerprint density at radius 1 is 0.975 bits per heavy atom. The highest BCUT2D eigenvalue weighted by Gasteiger charge is 2.22. The van der Waals surface area contributed by atoms with Crippen LogP contribution in [0.4, 0.5) is 0 Å². The lowest BCUT2D eigenvalue weighted by molar-refractivity contribution is -0.134. The number of hydrogen-bond donors (Lipinski definition) is 2. The van der Waals surface area contributed by atoms with Gasteiger partial charge >= 0.3 is 11.9 Å². The fraction of sp³-hybridized carbons (Fsp3) is 0.323. The molecule has 2 N–H and O–H groups in total. The van der Waals surface area contributed by atoms with Crippen LogP contribution in [0.15, 0.2) is 71.3 Å². The predicted molar refractivity (Wildman–Crippen MR) is 152 cm³/mol. The van der Waals surface area contributed by atoms with E-state index < -0.39 is 11.9 Å². The predicted octanol–water partition coefficient (Wildman–Crippen LogP) is 5.55. The van der Waals surface area contributed by atoms with Crippen LogP contribution in [0.5, 0.6) is 11.5 Å². The number of piperidine rings is 1. The van der Waals surface area contributed by atoms with E-state index in [0.29, 0.717) is 29.2 Å². The zero-order chi connectivity index (χ0) is 28.5. The Labute approximate surface area is 232 Å². The SMILES string of the molecule is COc1ccc2c(CCC3CCN(Cc4ccc5ccccc5c4)CC3)noc2c1OC.O=C(O)C=CC(=O)O. The summed E-state index contributed by atoms with van der Waals surface area (Å²) in [6.07, 6.45) is 5.66. The van der Waals surface area contributed by atoms with Gasteiger partial charge in [0.25, 0.3) is 0 Å². The molecule has 210 valence electrons. The van der Waals surface area contributed by atoms with Crippen molar-refractivity contribution < 1.29 is 33.8 Å². The number of carboxylic acid groups (broad SMARTS) is 2. The van der Waals surface area contributed by atoms with Crippen molar-refractivity contribution in [2.75, 3.05) is 27.3 Å². The van der Waals surface area contributed by atoms with Crippen LogP contribution < -0.4 is 9.47 Å². The number of aliphatic carboxylic acids is 2. The maximum atomic E-state index is 9.55. The Hall–Kier alpha value is -4.37. The minimum Gasteiger partial charge on any atom is -0.493 e. The third-order valence-electron chi connectivity index (χ3n) is 7.14. The van der Waals surface area contributed by atoms with Crippen molar-refractivity contribution in [2.45, 2.75) is 32.2 Å². The number of carbonyl (C=O) groups is 2. The molecule has 1 fully saturated rings. The first kappa shape index (κ1) is 28.6. The number of aryl methyl sites for hydroxylation is 1. The molecule has 1 aliphatic rings. The average Bonchev–Trinajstić information content (AvgIpc) is 3.38. The highest BCUT2D eigenvalue weighted by Crippen LogP contribution is 2.37. The van der Waals surface area contributed by atoms with Crippen LogP contribution >= 0.6 is 0 Å². The summed E-state index contributed by atoms with van der Waals surface area (Å²) in [5.74, 6) is -0.498. The van der Waals surface area contributed by atoms with E-state index in [9.17, 15) is 9.59 Å². The van der Waals surface area contributed by atoms with Crippen LogP contribution in [0.1, 0.15) is 30.5 Å². The lowest BCUT2D eigenvalue weighted by Crippen LogP contribution is -2.33. The summed E-state index contributed by atoms with van der Waals surface area (Å²) in [6, 6.07) is 19.4. The highest BCUT2D eigenvalue weighted by atomic mass is 16.5. The fourth-order valence-corrected chi connectivity index (χ4v) is 5.06. The number of carboxylic acids is 2. The van der Waals surface area contributed by atoms with Crippen molar-refractivity contribution in [1.82, 2.24) is 10.1 Å². The molecule has 5 rings (SSSR count). The van der Waals surface area contributed by atoms with E-state index in [1.54, 1.807) is 14.2 Å². The second-order valence-electron chi connectivity index (χ2n) is 9.76. The molecular formula is C31H34N2O7. The molecule has 0 aliphatic carbocycles. The normalized spacial score (nSPS) is 14.2.